The van der Waals surface area contributed by atoms with Crippen LogP contribution in [0.2, 0.25) is 0 Å². The summed E-state index contributed by atoms with van der Waals surface area (Å²) >= 11 is 0. The monoisotopic (exact) mass is 387 g/mol. The number of benzene rings is 2. The van der Waals surface area contributed by atoms with Gasteiger partial charge in [-0.1, -0.05) is 6.07 Å². The van der Waals surface area contributed by atoms with Crippen LogP contribution in [0.1, 0.15) is 29.6 Å². The Morgan fingerprint density at radius 2 is 1.70 bits per heavy atom. The van der Waals surface area contributed by atoms with E-state index < -0.39 is 10.0 Å². The molecule has 144 valence electrons. The normalized spacial score (nSPS) is 14.7. The maximum absolute atomic E-state index is 12.5. The minimum atomic E-state index is -3.38. The summed E-state index contributed by atoms with van der Waals surface area (Å²) in [5.41, 5.74) is 2.74. The van der Waals surface area contributed by atoms with E-state index in [4.69, 9.17) is 0 Å². The van der Waals surface area contributed by atoms with Crippen molar-refractivity contribution in [2.75, 3.05) is 40.9 Å². The van der Waals surface area contributed by atoms with Crippen LogP contribution in [-0.2, 0) is 10.0 Å². The number of piperidine rings is 1. The number of carbonyl (C=O) groups is 1. The van der Waals surface area contributed by atoms with Gasteiger partial charge in [0.05, 0.1) is 11.9 Å². The van der Waals surface area contributed by atoms with Crippen LogP contribution in [0, 0.1) is 0 Å². The highest BCUT2D eigenvalue weighted by atomic mass is 32.2. The number of sulfonamides is 1. The molecule has 1 aliphatic heterocycles. The van der Waals surface area contributed by atoms with Crippen molar-refractivity contribution in [2.24, 2.45) is 0 Å². The van der Waals surface area contributed by atoms with E-state index in [9.17, 15) is 13.2 Å². The Hall–Kier alpha value is -2.54. The number of hydrogen-bond acceptors (Lipinski definition) is 4. The molecule has 0 aromatic heterocycles. The second kappa shape index (κ2) is 8.00. The van der Waals surface area contributed by atoms with Crippen LogP contribution in [0.15, 0.2) is 48.5 Å². The maximum atomic E-state index is 12.5. The predicted molar refractivity (Wildman–Crippen MR) is 110 cm³/mol. The lowest BCUT2D eigenvalue weighted by Gasteiger charge is -2.28. The van der Waals surface area contributed by atoms with E-state index in [0.29, 0.717) is 16.9 Å². The Bertz CT molecular complexity index is 904. The standard InChI is InChI=1S/C20H25N3O3S/c1-22(27(2,25)26)19-8-6-7-16(15-19)20(24)21-17-9-11-18(12-10-17)23-13-4-3-5-14-23/h6-12,15H,3-5,13-14H2,1-2H3,(H,21,24). The third kappa shape index (κ3) is 4.80. The molecule has 0 atom stereocenters. The number of nitrogens with one attached hydrogen (secondary N) is 1. The maximum Gasteiger partial charge on any atom is 0.255 e. The fourth-order valence-corrected chi connectivity index (χ4v) is 3.64. The van der Waals surface area contributed by atoms with Crippen molar-refractivity contribution < 1.29 is 13.2 Å². The van der Waals surface area contributed by atoms with Gasteiger partial charge in [0.15, 0.2) is 0 Å². The number of nitrogens with zero attached hydrogens (tertiary/aromatic N) is 2. The van der Waals surface area contributed by atoms with Crippen LogP contribution in [0.3, 0.4) is 0 Å². The highest BCUT2D eigenvalue weighted by molar-refractivity contribution is 7.92. The molecule has 1 aliphatic rings. The zero-order chi connectivity index (χ0) is 19.4. The van der Waals surface area contributed by atoms with Crippen LogP contribution in [-0.4, -0.2) is 40.7 Å². The van der Waals surface area contributed by atoms with Gasteiger partial charge in [0, 0.05) is 37.1 Å². The smallest absolute Gasteiger partial charge is 0.255 e. The number of hydrogen-bond donors (Lipinski definition) is 1. The summed E-state index contributed by atoms with van der Waals surface area (Å²) in [4.78, 5) is 14.9. The third-order valence-electron chi connectivity index (χ3n) is 4.82. The first kappa shape index (κ1) is 19.2. The first-order valence-electron chi connectivity index (χ1n) is 9.05. The van der Waals surface area contributed by atoms with Gasteiger partial charge in [0.25, 0.3) is 5.91 Å². The molecule has 0 saturated carbocycles. The Kier molecular flexibility index (Phi) is 5.70. The Labute approximate surface area is 160 Å². The van der Waals surface area contributed by atoms with Gasteiger partial charge >= 0.3 is 0 Å². The molecule has 1 fully saturated rings. The van der Waals surface area contributed by atoms with Crippen molar-refractivity contribution >= 4 is 33.0 Å². The van der Waals surface area contributed by atoms with Crippen molar-refractivity contribution in [3.8, 4) is 0 Å². The van der Waals surface area contributed by atoms with Gasteiger partial charge in [-0.2, -0.15) is 0 Å². The molecule has 2 aromatic carbocycles. The topological polar surface area (TPSA) is 69.7 Å². The fraction of sp³-hybridized carbons (Fsp3) is 0.350. The van der Waals surface area contributed by atoms with E-state index in [1.807, 2.05) is 24.3 Å². The van der Waals surface area contributed by atoms with Crippen molar-refractivity contribution in [3.63, 3.8) is 0 Å². The molecule has 0 bridgehead atoms. The van der Waals surface area contributed by atoms with Crippen LogP contribution < -0.4 is 14.5 Å². The summed E-state index contributed by atoms with van der Waals surface area (Å²) in [6.45, 7) is 2.15. The number of amides is 1. The molecule has 1 heterocycles. The van der Waals surface area contributed by atoms with Gasteiger partial charge in [0.2, 0.25) is 10.0 Å². The lowest BCUT2D eigenvalue weighted by Crippen LogP contribution is -2.29. The fourth-order valence-electron chi connectivity index (χ4n) is 3.15. The highest BCUT2D eigenvalue weighted by Gasteiger charge is 2.15. The molecular weight excluding hydrogens is 362 g/mol. The summed E-state index contributed by atoms with van der Waals surface area (Å²) in [6.07, 6.45) is 4.86. The zero-order valence-electron chi connectivity index (χ0n) is 15.7. The lowest BCUT2D eigenvalue weighted by atomic mass is 10.1. The van der Waals surface area contributed by atoms with Crippen LogP contribution in [0.25, 0.3) is 0 Å². The second-order valence-electron chi connectivity index (χ2n) is 6.83. The van der Waals surface area contributed by atoms with Crippen molar-refractivity contribution in [3.05, 3.63) is 54.1 Å². The zero-order valence-corrected chi connectivity index (χ0v) is 16.5. The van der Waals surface area contributed by atoms with Gasteiger partial charge in [-0.05, 0) is 61.7 Å². The first-order valence-corrected chi connectivity index (χ1v) is 10.9. The SMILES string of the molecule is CN(c1cccc(C(=O)Nc2ccc(N3CCCCC3)cc2)c1)S(C)(=O)=O. The average Bonchev–Trinajstić information content (AvgIpc) is 2.68. The summed E-state index contributed by atoms with van der Waals surface area (Å²) in [6, 6.07) is 14.4. The lowest BCUT2D eigenvalue weighted by molar-refractivity contribution is 0.102. The molecule has 27 heavy (non-hydrogen) atoms. The van der Waals surface area contributed by atoms with E-state index in [2.05, 4.69) is 10.2 Å². The van der Waals surface area contributed by atoms with Crippen molar-refractivity contribution in [1.82, 2.24) is 0 Å². The Morgan fingerprint density at radius 1 is 1.04 bits per heavy atom. The van der Waals surface area contributed by atoms with Gasteiger partial charge in [-0.15, -0.1) is 0 Å². The Morgan fingerprint density at radius 3 is 2.33 bits per heavy atom. The number of rotatable bonds is 5. The molecule has 7 heteroatoms. The van der Waals surface area contributed by atoms with Crippen molar-refractivity contribution in [1.29, 1.82) is 0 Å². The predicted octanol–water partition coefficient (Wildman–Crippen LogP) is 3.33. The van der Waals surface area contributed by atoms with Crippen LogP contribution in [0.4, 0.5) is 17.1 Å². The highest BCUT2D eigenvalue weighted by Crippen LogP contribution is 2.23. The molecule has 1 N–H and O–H groups in total. The number of carbonyl (C=O) groups excluding carboxylic acids is 1. The van der Waals surface area contributed by atoms with E-state index in [0.717, 1.165) is 23.7 Å². The quantitative estimate of drug-likeness (QED) is 0.854. The van der Waals surface area contributed by atoms with Crippen molar-refractivity contribution in [2.45, 2.75) is 19.3 Å². The van der Waals surface area contributed by atoms with Gasteiger partial charge in [-0.25, -0.2) is 8.42 Å². The molecule has 0 spiro atoms. The molecular formula is C20H25N3O3S. The van der Waals surface area contributed by atoms with E-state index in [1.54, 1.807) is 24.3 Å². The summed E-state index contributed by atoms with van der Waals surface area (Å²) in [5.74, 6) is -0.274. The number of anilines is 3. The minimum Gasteiger partial charge on any atom is -0.372 e. The largest absolute Gasteiger partial charge is 0.372 e. The van der Waals surface area contributed by atoms with Gasteiger partial charge in [-0.3, -0.25) is 9.10 Å². The van der Waals surface area contributed by atoms with E-state index >= 15 is 0 Å². The summed E-state index contributed by atoms with van der Waals surface area (Å²) in [7, 11) is -1.91. The molecule has 0 radical (unpaired) electrons. The molecule has 3 rings (SSSR count). The summed E-state index contributed by atoms with van der Waals surface area (Å²) in [5, 5.41) is 2.87. The average molecular weight is 388 g/mol. The Balaban J connectivity index is 1.70. The first-order chi connectivity index (χ1) is 12.8. The second-order valence-corrected chi connectivity index (χ2v) is 8.84. The van der Waals surface area contributed by atoms with E-state index in [-0.39, 0.29) is 5.91 Å². The minimum absolute atomic E-state index is 0.274. The van der Waals surface area contributed by atoms with Crippen LogP contribution in [0.5, 0.6) is 0 Å². The molecule has 0 unspecified atom stereocenters. The third-order valence-corrected chi connectivity index (χ3v) is 6.02. The molecule has 2 aromatic rings. The van der Waals surface area contributed by atoms with Crippen LogP contribution >= 0.6 is 0 Å². The molecule has 1 amide bonds. The molecule has 1 saturated heterocycles. The molecule has 0 aliphatic carbocycles. The molecule has 6 nitrogen and oxygen atoms in total. The van der Waals surface area contributed by atoms with E-state index in [1.165, 1.54) is 32.0 Å². The van der Waals surface area contributed by atoms with Gasteiger partial charge in [0.1, 0.15) is 0 Å². The summed E-state index contributed by atoms with van der Waals surface area (Å²) < 4.78 is 24.5. The van der Waals surface area contributed by atoms with Gasteiger partial charge < -0.3 is 10.2 Å².